The number of aryl methyl sites for hydroxylation is 1. The zero-order chi connectivity index (χ0) is 22.3. The lowest BCUT2D eigenvalue weighted by Gasteiger charge is -2.21. The number of hydrogen-bond donors (Lipinski definition) is 1. The first-order valence-electron chi connectivity index (χ1n) is 11.1. The summed E-state index contributed by atoms with van der Waals surface area (Å²) >= 11 is 0. The predicted octanol–water partition coefficient (Wildman–Crippen LogP) is 2.79. The number of nitrogens with one attached hydrogen (secondary N) is 1. The number of amides is 1. The zero-order valence-corrected chi connectivity index (χ0v) is 20.7. The summed E-state index contributed by atoms with van der Waals surface area (Å²) in [4.78, 5) is 18.2. The van der Waals surface area contributed by atoms with Crippen molar-refractivity contribution in [1.29, 1.82) is 0 Å². The zero-order valence-electron chi connectivity index (χ0n) is 19.3. The van der Waals surface area contributed by atoms with Gasteiger partial charge in [0, 0.05) is 16.6 Å². The topological polar surface area (TPSA) is 68.5 Å². The van der Waals surface area contributed by atoms with Crippen LogP contribution in [0.5, 0.6) is 5.75 Å². The van der Waals surface area contributed by atoms with Crippen molar-refractivity contribution in [3.8, 4) is 5.75 Å². The van der Waals surface area contributed by atoms with Gasteiger partial charge in [-0.25, -0.2) is 9.50 Å². The van der Waals surface area contributed by atoms with Gasteiger partial charge < -0.3 is 10.1 Å². The van der Waals surface area contributed by atoms with Crippen LogP contribution >= 0.6 is 0 Å². The van der Waals surface area contributed by atoms with Crippen LogP contribution in [-0.4, -0.2) is 42.3 Å². The molecule has 0 spiro atoms. The fourth-order valence-electron chi connectivity index (χ4n) is 4.60. The van der Waals surface area contributed by atoms with E-state index in [2.05, 4.69) is 51.1 Å². The Labute approximate surface area is 186 Å². The molecular weight excluding hydrogens is 404 g/mol. The average molecular weight is 437 g/mol. The number of benzene rings is 1. The Hall–Kier alpha value is -2.67. The van der Waals surface area contributed by atoms with Crippen LogP contribution in [0.3, 0.4) is 0 Å². The first-order chi connectivity index (χ1) is 14.7. The molecule has 164 valence electrons. The van der Waals surface area contributed by atoms with E-state index in [1.165, 1.54) is 5.19 Å². The number of para-hydroxylation sites is 1. The summed E-state index contributed by atoms with van der Waals surface area (Å²) in [5, 5.41) is 9.22. The molecule has 3 aromatic rings. The van der Waals surface area contributed by atoms with Crippen LogP contribution in [0.15, 0.2) is 30.5 Å². The van der Waals surface area contributed by atoms with E-state index >= 15 is 0 Å². The smallest absolute Gasteiger partial charge is 0.253 e. The minimum Gasteiger partial charge on any atom is -0.494 e. The van der Waals surface area contributed by atoms with Crippen LogP contribution in [0.25, 0.3) is 5.65 Å². The lowest BCUT2D eigenvalue weighted by Crippen LogP contribution is -2.43. The highest BCUT2D eigenvalue weighted by molar-refractivity contribution is 6.56. The highest BCUT2D eigenvalue weighted by atomic mass is 28.2. The Morgan fingerprint density at radius 2 is 2.03 bits per heavy atom. The van der Waals surface area contributed by atoms with Crippen LogP contribution < -0.4 is 15.2 Å². The van der Waals surface area contributed by atoms with Crippen LogP contribution in [0.1, 0.15) is 74.3 Å². The SMILES string of the molecule is Cc1nc2c(C(C)C)c(C(=O)N[C@H]3CCOc4ccccc4[SiH2]3)cnn2c1C(C)(C)C. The second-order valence-electron chi connectivity index (χ2n) is 9.78. The third-order valence-corrected chi connectivity index (χ3v) is 8.02. The molecule has 0 saturated heterocycles. The molecule has 0 radical (unpaired) electrons. The number of rotatable bonds is 3. The van der Waals surface area contributed by atoms with E-state index in [0.717, 1.165) is 34.8 Å². The molecule has 0 saturated carbocycles. The number of imidazole rings is 1. The quantitative estimate of drug-likeness (QED) is 0.641. The van der Waals surface area contributed by atoms with Gasteiger partial charge in [0.1, 0.15) is 5.75 Å². The predicted molar refractivity (Wildman–Crippen MR) is 126 cm³/mol. The lowest BCUT2D eigenvalue weighted by molar-refractivity contribution is 0.0943. The minimum absolute atomic E-state index is 0.0615. The molecule has 4 rings (SSSR count). The Bertz CT molecular complexity index is 1130. The van der Waals surface area contributed by atoms with E-state index in [1.54, 1.807) is 6.20 Å². The normalized spacial score (nSPS) is 17.5. The van der Waals surface area contributed by atoms with E-state index in [9.17, 15) is 4.79 Å². The van der Waals surface area contributed by atoms with Crippen molar-refractivity contribution >= 4 is 26.3 Å². The molecule has 6 nitrogen and oxygen atoms in total. The number of ether oxygens (including phenoxy) is 1. The molecule has 0 unspecified atom stereocenters. The van der Waals surface area contributed by atoms with Crippen molar-refractivity contribution in [1.82, 2.24) is 19.9 Å². The monoisotopic (exact) mass is 436 g/mol. The molecular formula is C24H32N4O2Si. The van der Waals surface area contributed by atoms with E-state index in [-0.39, 0.29) is 22.9 Å². The second-order valence-corrected chi connectivity index (χ2v) is 11.9. The summed E-state index contributed by atoms with van der Waals surface area (Å²) in [6.45, 7) is 13.4. The lowest BCUT2D eigenvalue weighted by atomic mass is 9.91. The number of aromatic nitrogens is 3. The van der Waals surface area contributed by atoms with Crippen LogP contribution in [0.4, 0.5) is 0 Å². The Kier molecular flexibility index (Phi) is 5.64. The number of nitrogens with zero attached hydrogens (tertiary/aromatic N) is 3. The van der Waals surface area contributed by atoms with Gasteiger partial charge in [0.2, 0.25) is 0 Å². The van der Waals surface area contributed by atoms with E-state index in [1.807, 2.05) is 29.6 Å². The summed E-state index contributed by atoms with van der Waals surface area (Å²) in [5.74, 6) is 1.06. The Balaban J connectivity index is 1.69. The first kappa shape index (κ1) is 21.6. The van der Waals surface area contributed by atoms with Crippen LogP contribution in [-0.2, 0) is 5.41 Å². The van der Waals surface area contributed by atoms with E-state index in [4.69, 9.17) is 9.72 Å². The molecule has 1 amide bonds. The molecule has 7 heteroatoms. The molecule has 1 aliphatic heterocycles. The molecule has 1 aliphatic rings. The summed E-state index contributed by atoms with van der Waals surface area (Å²) in [5.41, 5.74) is 4.48. The molecule has 2 aromatic heterocycles. The summed E-state index contributed by atoms with van der Waals surface area (Å²) in [7, 11) is -0.704. The van der Waals surface area contributed by atoms with Gasteiger partial charge in [0.15, 0.2) is 5.65 Å². The third kappa shape index (κ3) is 4.11. The number of carbonyl (C=O) groups excluding carboxylic acids is 1. The summed E-state index contributed by atoms with van der Waals surface area (Å²) in [6, 6.07) is 8.19. The third-order valence-electron chi connectivity index (χ3n) is 5.89. The summed E-state index contributed by atoms with van der Waals surface area (Å²) in [6.07, 6.45) is 2.55. The van der Waals surface area contributed by atoms with E-state index < -0.39 is 9.52 Å². The summed E-state index contributed by atoms with van der Waals surface area (Å²) < 4.78 is 7.81. The molecule has 1 atom stereocenters. The van der Waals surface area contributed by atoms with Gasteiger partial charge in [-0.15, -0.1) is 0 Å². The number of fused-ring (bicyclic) bond motifs is 2. The van der Waals surface area contributed by atoms with Crippen molar-refractivity contribution in [3.63, 3.8) is 0 Å². The largest absolute Gasteiger partial charge is 0.494 e. The maximum Gasteiger partial charge on any atom is 0.253 e. The second kappa shape index (κ2) is 8.11. The van der Waals surface area contributed by atoms with Gasteiger partial charge in [-0.1, -0.05) is 52.8 Å². The van der Waals surface area contributed by atoms with Crippen molar-refractivity contribution < 1.29 is 9.53 Å². The van der Waals surface area contributed by atoms with Gasteiger partial charge >= 0.3 is 0 Å². The van der Waals surface area contributed by atoms with Crippen molar-refractivity contribution in [2.45, 2.75) is 65.0 Å². The molecule has 0 fully saturated rings. The maximum absolute atomic E-state index is 13.4. The molecule has 0 bridgehead atoms. The van der Waals surface area contributed by atoms with Crippen molar-refractivity contribution in [3.05, 3.63) is 53.0 Å². The molecule has 1 N–H and O–H groups in total. The standard InChI is InChI=1S/C24H32N4O2Si/c1-14(2)20-16(13-25-28-21(24(4,5)6)15(3)26-22(20)28)23(29)27-19-11-12-30-17-9-7-8-10-18(17)31-19/h7-10,13-14,19H,11-12,31H2,1-6H3,(H,27,29)/t19-/m1/s1. The van der Waals surface area contributed by atoms with Gasteiger partial charge in [-0.2, -0.15) is 5.10 Å². The highest BCUT2D eigenvalue weighted by Crippen LogP contribution is 2.30. The fourth-order valence-corrected chi connectivity index (χ4v) is 6.48. The molecule has 31 heavy (non-hydrogen) atoms. The minimum atomic E-state index is -0.704. The first-order valence-corrected chi connectivity index (χ1v) is 12.6. The molecule has 1 aromatic carbocycles. The van der Waals surface area contributed by atoms with Gasteiger partial charge in [0.25, 0.3) is 5.91 Å². The van der Waals surface area contributed by atoms with Gasteiger partial charge in [-0.3, -0.25) is 4.79 Å². The Morgan fingerprint density at radius 1 is 1.29 bits per heavy atom. The van der Waals surface area contributed by atoms with Crippen LogP contribution in [0.2, 0.25) is 0 Å². The highest BCUT2D eigenvalue weighted by Gasteiger charge is 2.28. The number of carbonyl (C=O) groups is 1. The van der Waals surface area contributed by atoms with Gasteiger partial charge in [0.05, 0.1) is 39.3 Å². The molecule has 3 heterocycles. The Morgan fingerprint density at radius 3 is 2.74 bits per heavy atom. The van der Waals surface area contributed by atoms with Crippen molar-refractivity contribution in [2.24, 2.45) is 0 Å². The average Bonchev–Trinajstić information content (AvgIpc) is 2.90. The van der Waals surface area contributed by atoms with Gasteiger partial charge in [-0.05, 0) is 30.5 Å². The number of hydrogen-bond acceptors (Lipinski definition) is 4. The molecule has 0 aliphatic carbocycles. The van der Waals surface area contributed by atoms with E-state index in [0.29, 0.717) is 12.2 Å². The fraction of sp³-hybridized carbons (Fsp3) is 0.458. The van der Waals surface area contributed by atoms with Crippen LogP contribution in [0, 0.1) is 6.92 Å². The maximum atomic E-state index is 13.4. The van der Waals surface area contributed by atoms with Crippen molar-refractivity contribution in [2.75, 3.05) is 6.61 Å².